The number of carbonyl (C=O) groups is 1. The molecular weight excluding hydrogens is 182 g/mol. The lowest BCUT2D eigenvalue weighted by Gasteiger charge is -2.20. The first-order chi connectivity index (χ1) is 6.33. The van der Waals surface area contributed by atoms with Crippen LogP contribution in [-0.2, 0) is 4.79 Å². The van der Waals surface area contributed by atoms with Crippen molar-refractivity contribution in [2.45, 2.75) is 52.3 Å². The zero-order chi connectivity index (χ0) is 10.7. The highest BCUT2D eigenvalue weighted by atomic mass is 32.2. The minimum Gasteiger partial charge on any atom is -0.344 e. The summed E-state index contributed by atoms with van der Waals surface area (Å²) in [7, 11) is 0. The van der Waals surface area contributed by atoms with E-state index in [2.05, 4.69) is 5.32 Å². The van der Waals surface area contributed by atoms with Crippen LogP contribution in [0.15, 0.2) is 0 Å². The molecule has 1 unspecified atom stereocenters. The monoisotopic (exact) mass is 205 g/mol. The van der Waals surface area contributed by atoms with E-state index in [0.29, 0.717) is 5.37 Å². The Morgan fingerprint density at radius 3 is 2.15 bits per heavy atom. The molecule has 1 amide bonds. The molecule has 0 aromatic heterocycles. The molecule has 80 valence electrons. The summed E-state index contributed by atoms with van der Waals surface area (Å²) < 4.78 is 0. The number of rotatable bonds is 1. The van der Waals surface area contributed by atoms with Gasteiger partial charge in [0, 0.05) is 6.42 Å². The van der Waals surface area contributed by atoms with Crippen LogP contribution in [0.5, 0.6) is 0 Å². The van der Waals surface area contributed by atoms with Crippen molar-refractivity contribution in [2.75, 3.05) is 6.26 Å². The number of carbonyl (C=O) groups excluding carboxylic acids is 1. The number of nitrogens with one attached hydrogen (secondary N) is 1. The van der Waals surface area contributed by atoms with Gasteiger partial charge in [0.2, 0.25) is 5.91 Å². The van der Waals surface area contributed by atoms with E-state index >= 15 is 0 Å². The largest absolute Gasteiger partial charge is 0.344 e. The molecule has 2 nitrogen and oxygen atoms in total. The molecule has 1 aliphatic rings. The number of piperidine rings is 1. The van der Waals surface area contributed by atoms with Crippen molar-refractivity contribution >= 4 is 17.7 Å². The van der Waals surface area contributed by atoms with E-state index < -0.39 is 0 Å². The first kappa shape index (κ1) is 15.3. The second-order valence-corrected chi connectivity index (χ2v) is 3.22. The van der Waals surface area contributed by atoms with Crippen LogP contribution >= 0.6 is 11.8 Å². The van der Waals surface area contributed by atoms with E-state index in [1.165, 1.54) is 0 Å². The molecule has 3 heteroatoms. The van der Waals surface area contributed by atoms with Crippen LogP contribution in [0.3, 0.4) is 0 Å². The maximum Gasteiger partial charge on any atom is 0.220 e. The van der Waals surface area contributed by atoms with Crippen molar-refractivity contribution in [3.63, 3.8) is 0 Å². The van der Waals surface area contributed by atoms with E-state index in [0.717, 1.165) is 19.3 Å². The van der Waals surface area contributed by atoms with Crippen molar-refractivity contribution in [1.82, 2.24) is 5.32 Å². The van der Waals surface area contributed by atoms with Gasteiger partial charge in [-0.2, -0.15) is 0 Å². The summed E-state index contributed by atoms with van der Waals surface area (Å²) in [6.45, 7) is 8.00. The van der Waals surface area contributed by atoms with Gasteiger partial charge in [0.05, 0.1) is 5.37 Å². The van der Waals surface area contributed by atoms with Crippen LogP contribution in [0.4, 0.5) is 0 Å². The third-order valence-corrected chi connectivity index (χ3v) is 2.40. The summed E-state index contributed by atoms with van der Waals surface area (Å²) in [5.41, 5.74) is 0. The lowest BCUT2D eigenvalue weighted by atomic mass is 10.2. The van der Waals surface area contributed by atoms with Crippen LogP contribution in [0.25, 0.3) is 0 Å². The van der Waals surface area contributed by atoms with Crippen molar-refractivity contribution in [2.24, 2.45) is 0 Å². The zero-order valence-electron chi connectivity index (χ0n) is 9.52. The molecule has 1 saturated heterocycles. The van der Waals surface area contributed by atoms with Crippen molar-refractivity contribution < 1.29 is 4.79 Å². The molecule has 1 N–H and O–H groups in total. The highest BCUT2D eigenvalue weighted by Gasteiger charge is 2.15. The van der Waals surface area contributed by atoms with Gasteiger partial charge in [-0.25, -0.2) is 0 Å². The second-order valence-electron chi connectivity index (χ2n) is 2.18. The molecule has 1 heterocycles. The first-order valence-electron chi connectivity index (χ1n) is 5.15. The molecule has 1 rings (SSSR count). The zero-order valence-corrected chi connectivity index (χ0v) is 10.3. The summed E-state index contributed by atoms with van der Waals surface area (Å²) in [6.07, 6.45) is 4.93. The molecule has 0 aromatic rings. The van der Waals surface area contributed by atoms with Crippen LogP contribution < -0.4 is 5.32 Å². The van der Waals surface area contributed by atoms with Gasteiger partial charge in [0.1, 0.15) is 0 Å². The number of amides is 1. The number of hydrogen-bond donors (Lipinski definition) is 1. The number of thioether (sulfide) groups is 1. The van der Waals surface area contributed by atoms with Gasteiger partial charge in [0.25, 0.3) is 0 Å². The third kappa shape index (κ3) is 8.16. The Labute approximate surface area is 86.9 Å². The van der Waals surface area contributed by atoms with E-state index in [4.69, 9.17) is 0 Å². The van der Waals surface area contributed by atoms with Crippen molar-refractivity contribution in [3.05, 3.63) is 0 Å². The summed E-state index contributed by atoms with van der Waals surface area (Å²) in [5.74, 6) is 0.209. The smallest absolute Gasteiger partial charge is 0.220 e. The van der Waals surface area contributed by atoms with E-state index in [9.17, 15) is 4.79 Å². The Morgan fingerprint density at radius 2 is 1.85 bits per heavy atom. The summed E-state index contributed by atoms with van der Waals surface area (Å²) >= 11 is 1.72. The predicted octanol–water partition coefficient (Wildman–Crippen LogP) is 3.03. The van der Waals surface area contributed by atoms with Crippen LogP contribution in [0.2, 0.25) is 0 Å². The van der Waals surface area contributed by atoms with Gasteiger partial charge in [0.15, 0.2) is 0 Å². The maximum atomic E-state index is 10.7. The molecule has 0 radical (unpaired) electrons. The Bertz CT molecular complexity index is 117. The maximum absolute atomic E-state index is 10.7. The van der Waals surface area contributed by atoms with E-state index in [1.54, 1.807) is 11.8 Å². The quantitative estimate of drug-likeness (QED) is 0.713. The topological polar surface area (TPSA) is 29.1 Å². The Hall–Kier alpha value is -0.180. The minimum atomic E-state index is 0.209. The fourth-order valence-corrected chi connectivity index (χ4v) is 1.60. The fraction of sp³-hybridized carbons (Fsp3) is 0.900. The van der Waals surface area contributed by atoms with Crippen molar-refractivity contribution in [3.8, 4) is 0 Å². The molecule has 1 fully saturated rings. The molecule has 0 aliphatic carbocycles. The summed E-state index contributed by atoms with van der Waals surface area (Å²) in [4.78, 5) is 10.7. The molecule has 0 saturated carbocycles. The minimum absolute atomic E-state index is 0.209. The summed E-state index contributed by atoms with van der Waals surface area (Å²) in [6, 6.07) is 0. The highest BCUT2D eigenvalue weighted by Crippen LogP contribution is 2.15. The van der Waals surface area contributed by atoms with E-state index in [-0.39, 0.29) is 5.91 Å². The highest BCUT2D eigenvalue weighted by molar-refractivity contribution is 7.99. The first-order valence-corrected chi connectivity index (χ1v) is 6.44. The normalized spacial score (nSPS) is 20.1. The molecule has 0 aromatic carbocycles. The Morgan fingerprint density at radius 1 is 1.31 bits per heavy atom. The molecule has 1 aliphatic heterocycles. The van der Waals surface area contributed by atoms with Crippen molar-refractivity contribution in [1.29, 1.82) is 0 Å². The Balaban J connectivity index is 0. The van der Waals surface area contributed by atoms with Gasteiger partial charge in [-0.1, -0.05) is 27.7 Å². The Kier molecular flexibility index (Phi) is 13.9. The lowest BCUT2D eigenvalue weighted by Crippen LogP contribution is -2.36. The predicted molar refractivity (Wildman–Crippen MR) is 62.0 cm³/mol. The number of hydrogen-bond acceptors (Lipinski definition) is 2. The average Bonchev–Trinajstić information content (AvgIpc) is 2.24. The van der Waals surface area contributed by atoms with Gasteiger partial charge >= 0.3 is 0 Å². The fourth-order valence-electron chi connectivity index (χ4n) is 0.949. The lowest BCUT2D eigenvalue weighted by molar-refractivity contribution is -0.122. The van der Waals surface area contributed by atoms with Crippen LogP contribution in [0.1, 0.15) is 47.0 Å². The molecule has 0 spiro atoms. The van der Waals surface area contributed by atoms with Gasteiger partial charge in [-0.15, -0.1) is 11.8 Å². The van der Waals surface area contributed by atoms with Crippen LogP contribution in [0, 0.1) is 0 Å². The molecule has 13 heavy (non-hydrogen) atoms. The SMILES string of the molecule is CC.CC.CSC1CCCC(=O)N1. The van der Waals surface area contributed by atoms with Gasteiger partial charge in [-0.05, 0) is 19.1 Å². The molecule has 1 atom stereocenters. The summed E-state index contributed by atoms with van der Waals surface area (Å²) in [5, 5.41) is 3.27. The third-order valence-electron chi connectivity index (χ3n) is 1.48. The van der Waals surface area contributed by atoms with Gasteiger partial charge in [-0.3, -0.25) is 4.79 Å². The average molecular weight is 205 g/mol. The van der Waals surface area contributed by atoms with Gasteiger partial charge < -0.3 is 5.32 Å². The standard InChI is InChI=1S/C6H11NOS.2C2H6/c1-9-6-4-2-3-5(8)7-6;2*1-2/h6H,2-4H2,1H3,(H,7,8);2*1-2H3. The second kappa shape index (κ2) is 11.8. The van der Waals surface area contributed by atoms with E-state index in [1.807, 2.05) is 34.0 Å². The molecular formula is C10H23NOS. The molecule has 0 bridgehead atoms. The van der Waals surface area contributed by atoms with Crippen LogP contribution in [-0.4, -0.2) is 17.5 Å².